The summed E-state index contributed by atoms with van der Waals surface area (Å²) >= 11 is 0. The summed E-state index contributed by atoms with van der Waals surface area (Å²) in [5.41, 5.74) is -0.577. The Kier molecular flexibility index (Phi) is 5.68. The number of rotatable bonds is 3. The molecule has 0 aliphatic heterocycles. The SMILES string of the molecule is CC(NC(=O)C1CCCC(C(F)(F)F)C1)c1cccc(C(F)(F)F)c1. The maximum absolute atomic E-state index is 12.8. The summed E-state index contributed by atoms with van der Waals surface area (Å²) in [5.74, 6) is -2.81. The number of hydrogen-bond acceptors (Lipinski definition) is 1. The van der Waals surface area contributed by atoms with Crippen LogP contribution in [0.3, 0.4) is 0 Å². The van der Waals surface area contributed by atoms with Crippen molar-refractivity contribution in [1.29, 1.82) is 0 Å². The fourth-order valence-electron chi connectivity index (χ4n) is 3.12. The monoisotopic (exact) mass is 367 g/mol. The molecule has 1 amide bonds. The molecule has 0 bridgehead atoms. The number of carbonyl (C=O) groups excluding carboxylic acids is 1. The van der Waals surface area contributed by atoms with E-state index in [1.54, 1.807) is 0 Å². The molecule has 3 atom stereocenters. The number of alkyl halides is 6. The van der Waals surface area contributed by atoms with Crippen LogP contribution in [0.4, 0.5) is 26.3 Å². The maximum atomic E-state index is 12.8. The number of hydrogen-bond donors (Lipinski definition) is 1. The number of carbonyl (C=O) groups is 1. The maximum Gasteiger partial charge on any atom is 0.416 e. The molecule has 0 aromatic heterocycles. The van der Waals surface area contributed by atoms with Gasteiger partial charge in [-0.05, 0) is 43.9 Å². The average molecular weight is 367 g/mol. The lowest BCUT2D eigenvalue weighted by Gasteiger charge is -2.30. The van der Waals surface area contributed by atoms with E-state index in [4.69, 9.17) is 0 Å². The smallest absolute Gasteiger partial charge is 0.349 e. The van der Waals surface area contributed by atoms with Crippen LogP contribution in [0.5, 0.6) is 0 Å². The van der Waals surface area contributed by atoms with Gasteiger partial charge in [-0.25, -0.2) is 0 Å². The third-order valence-corrected chi connectivity index (χ3v) is 4.58. The Morgan fingerprint density at radius 3 is 2.44 bits per heavy atom. The highest BCUT2D eigenvalue weighted by molar-refractivity contribution is 5.79. The summed E-state index contributed by atoms with van der Waals surface area (Å²) in [6.45, 7) is 1.51. The lowest BCUT2D eigenvalue weighted by Crippen LogP contribution is -2.38. The second-order valence-electron chi connectivity index (χ2n) is 6.46. The van der Waals surface area contributed by atoms with Crippen LogP contribution >= 0.6 is 0 Å². The van der Waals surface area contributed by atoms with Crippen molar-refractivity contribution >= 4 is 5.91 Å². The van der Waals surface area contributed by atoms with Gasteiger partial charge in [-0.2, -0.15) is 26.3 Å². The number of benzene rings is 1. The predicted octanol–water partition coefficient (Wildman–Crippen LogP) is 5.25. The first kappa shape index (κ1) is 19.6. The highest BCUT2D eigenvalue weighted by Gasteiger charge is 2.43. The number of amides is 1. The first-order chi connectivity index (χ1) is 11.5. The molecule has 2 nitrogen and oxygen atoms in total. The van der Waals surface area contributed by atoms with E-state index >= 15 is 0 Å². The molecule has 1 saturated carbocycles. The fraction of sp³-hybridized carbons (Fsp3) is 0.588. The van der Waals surface area contributed by atoms with E-state index in [0.29, 0.717) is 12.8 Å². The van der Waals surface area contributed by atoms with Crippen molar-refractivity contribution < 1.29 is 31.1 Å². The van der Waals surface area contributed by atoms with Crippen molar-refractivity contribution in [3.8, 4) is 0 Å². The first-order valence-electron chi connectivity index (χ1n) is 8.02. The zero-order valence-corrected chi connectivity index (χ0v) is 13.5. The van der Waals surface area contributed by atoms with E-state index < -0.39 is 41.7 Å². The molecule has 1 aliphatic carbocycles. The molecule has 2 rings (SSSR count). The van der Waals surface area contributed by atoms with E-state index in [2.05, 4.69) is 5.32 Å². The topological polar surface area (TPSA) is 29.1 Å². The van der Waals surface area contributed by atoms with Gasteiger partial charge < -0.3 is 5.32 Å². The average Bonchev–Trinajstić information content (AvgIpc) is 2.53. The summed E-state index contributed by atoms with van der Waals surface area (Å²) in [6, 6.07) is 3.82. The van der Waals surface area contributed by atoms with Gasteiger partial charge in [0.25, 0.3) is 0 Å². The highest BCUT2D eigenvalue weighted by Crippen LogP contribution is 2.40. The van der Waals surface area contributed by atoms with Gasteiger partial charge in [-0.1, -0.05) is 18.6 Å². The number of nitrogens with one attached hydrogen (secondary N) is 1. The van der Waals surface area contributed by atoms with Gasteiger partial charge in [0.05, 0.1) is 17.5 Å². The van der Waals surface area contributed by atoms with Gasteiger partial charge in [0, 0.05) is 5.92 Å². The highest BCUT2D eigenvalue weighted by atomic mass is 19.4. The van der Waals surface area contributed by atoms with Crippen LogP contribution in [0.2, 0.25) is 0 Å². The molecule has 1 N–H and O–H groups in total. The molecule has 8 heteroatoms. The molecule has 140 valence electrons. The Morgan fingerprint density at radius 2 is 1.84 bits per heavy atom. The Labute approximate surface area is 141 Å². The van der Waals surface area contributed by atoms with Crippen molar-refractivity contribution in [3.63, 3.8) is 0 Å². The van der Waals surface area contributed by atoms with Crippen LogP contribution in [-0.4, -0.2) is 12.1 Å². The van der Waals surface area contributed by atoms with Crippen LogP contribution in [0.15, 0.2) is 24.3 Å². The minimum atomic E-state index is -4.50. The minimum Gasteiger partial charge on any atom is -0.349 e. The van der Waals surface area contributed by atoms with Gasteiger partial charge in [0.1, 0.15) is 0 Å². The van der Waals surface area contributed by atoms with Crippen LogP contribution in [0.25, 0.3) is 0 Å². The van der Waals surface area contributed by atoms with Crippen molar-refractivity contribution in [2.45, 2.75) is 51.0 Å². The summed E-state index contributed by atoms with van der Waals surface area (Å²) in [5, 5.41) is 2.54. The summed E-state index contributed by atoms with van der Waals surface area (Å²) in [7, 11) is 0. The van der Waals surface area contributed by atoms with E-state index in [1.807, 2.05) is 0 Å². The molecule has 1 aromatic rings. The van der Waals surface area contributed by atoms with Crippen molar-refractivity contribution in [2.24, 2.45) is 11.8 Å². The summed E-state index contributed by atoms with van der Waals surface area (Å²) < 4.78 is 76.7. The van der Waals surface area contributed by atoms with Crippen LogP contribution in [0, 0.1) is 11.8 Å². The molecule has 1 aliphatic rings. The molecule has 1 fully saturated rings. The van der Waals surface area contributed by atoms with E-state index in [9.17, 15) is 31.1 Å². The van der Waals surface area contributed by atoms with Gasteiger partial charge in [-0.15, -0.1) is 0 Å². The largest absolute Gasteiger partial charge is 0.416 e. The Bertz CT molecular complexity index is 610. The van der Waals surface area contributed by atoms with Crippen molar-refractivity contribution in [3.05, 3.63) is 35.4 Å². The first-order valence-corrected chi connectivity index (χ1v) is 8.02. The van der Waals surface area contributed by atoms with Crippen LogP contribution < -0.4 is 5.32 Å². The second kappa shape index (κ2) is 7.25. The normalized spacial score (nSPS) is 23.2. The molecule has 0 spiro atoms. The van der Waals surface area contributed by atoms with Crippen molar-refractivity contribution in [2.75, 3.05) is 0 Å². The van der Waals surface area contributed by atoms with Crippen LogP contribution in [-0.2, 0) is 11.0 Å². The van der Waals surface area contributed by atoms with Gasteiger partial charge in [-0.3, -0.25) is 4.79 Å². The predicted molar refractivity (Wildman–Crippen MR) is 79.5 cm³/mol. The van der Waals surface area contributed by atoms with Crippen molar-refractivity contribution in [1.82, 2.24) is 5.32 Å². The van der Waals surface area contributed by atoms with E-state index in [0.717, 1.165) is 12.1 Å². The Hall–Kier alpha value is -1.73. The number of halogens is 6. The molecule has 3 unspecified atom stereocenters. The second-order valence-corrected chi connectivity index (χ2v) is 6.46. The molecule has 25 heavy (non-hydrogen) atoms. The minimum absolute atomic E-state index is 0.0104. The Morgan fingerprint density at radius 1 is 1.16 bits per heavy atom. The zero-order chi connectivity index (χ0) is 18.8. The van der Waals surface area contributed by atoms with Crippen LogP contribution in [0.1, 0.15) is 49.8 Å². The van der Waals surface area contributed by atoms with Gasteiger partial charge >= 0.3 is 12.4 Å². The third kappa shape index (κ3) is 5.12. The summed E-state index contributed by atoms with van der Waals surface area (Å²) in [4.78, 5) is 12.2. The molecule has 1 aromatic carbocycles. The lowest BCUT2D eigenvalue weighted by molar-refractivity contribution is -0.186. The zero-order valence-electron chi connectivity index (χ0n) is 13.5. The lowest BCUT2D eigenvalue weighted by atomic mass is 9.80. The van der Waals surface area contributed by atoms with E-state index in [-0.39, 0.29) is 18.4 Å². The quantitative estimate of drug-likeness (QED) is 0.727. The third-order valence-electron chi connectivity index (χ3n) is 4.58. The summed E-state index contributed by atoms with van der Waals surface area (Å²) in [6.07, 6.45) is -8.43. The van der Waals surface area contributed by atoms with E-state index in [1.165, 1.54) is 19.1 Å². The standard InChI is InChI=1S/C17H19F6NO/c1-10(11-4-2-6-13(8-11)16(18,19)20)24-15(25)12-5-3-7-14(9-12)17(21,22)23/h2,4,6,8,10,12,14H,3,5,7,9H2,1H3,(H,24,25). The van der Waals surface area contributed by atoms with Gasteiger partial charge in [0.15, 0.2) is 0 Å². The fourth-order valence-corrected chi connectivity index (χ4v) is 3.12. The van der Waals surface area contributed by atoms with Gasteiger partial charge in [0.2, 0.25) is 5.91 Å². The molecular formula is C17H19F6NO. The molecule has 0 saturated heterocycles. The molecule has 0 radical (unpaired) electrons. The Balaban J connectivity index is 2.03. The molecule has 0 heterocycles. The molecular weight excluding hydrogens is 348 g/mol.